The fourth-order valence-corrected chi connectivity index (χ4v) is 2.52. The Hall–Kier alpha value is -1.45. The highest BCUT2D eigenvalue weighted by Crippen LogP contribution is 2.12. The molecule has 0 aromatic carbocycles. The number of carbonyl (C=O) groups is 1. The predicted octanol–water partition coefficient (Wildman–Crippen LogP) is 5.12. The number of hydrogen-bond donors (Lipinski definition) is 1. The molecule has 0 aliphatic heterocycles. The number of anilines is 1. The third kappa shape index (κ3) is 10.3. The Morgan fingerprint density at radius 1 is 0.955 bits per heavy atom. The molecule has 0 aliphatic carbocycles. The SMILES string of the molecule is CCCCCCCCCCCCCC(=O)Nc1ccncn1. The van der Waals surface area contributed by atoms with Crippen LogP contribution < -0.4 is 5.32 Å². The lowest BCUT2D eigenvalue weighted by molar-refractivity contribution is -0.116. The average Bonchev–Trinajstić information content (AvgIpc) is 2.53. The van der Waals surface area contributed by atoms with Gasteiger partial charge in [-0.1, -0.05) is 71.1 Å². The first-order valence-electron chi connectivity index (χ1n) is 8.88. The molecule has 0 bridgehead atoms. The zero-order valence-electron chi connectivity index (χ0n) is 14.0. The summed E-state index contributed by atoms with van der Waals surface area (Å²) in [7, 11) is 0. The topological polar surface area (TPSA) is 54.9 Å². The zero-order chi connectivity index (χ0) is 15.9. The van der Waals surface area contributed by atoms with Gasteiger partial charge < -0.3 is 5.32 Å². The number of nitrogens with zero attached hydrogens (tertiary/aromatic N) is 2. The summed E-state index contributed by atoms with van der Waals surface area (Å²) in [5, 5.41) is 2.79. The van der Waals surface area contributed by atoms with Crippen molar-refractivity contribution in [1.82, 2.24) is 9.97 Å². The van der Waals surface area contributed by atoms with Gasteiger partial charge in [-0.15, -0.1) is 0 Å². The maximum Gasteiger partial charge on any atom is 0.225 e. The van der Waals surface area contributed by atoms with Crippen LogP contribution in [0.5, 0.6) is 0 Å². The van der Waals surface area contributed by atoms with Crippen LogP contribution in [0, 0.1) is 0 Å². The number of carbonyl (C=O) groups excluding carboxylic acids is 1. The molecule has 0 spiro atoms. The summed E-state index contributed by atoms with van der Waals surface area (Å²) in [4.78, 5) is 19.5. The summed E-state index contributed by atoms with van der Waals surface area (Å²) < 4.78 is 0. The minimum Gasteiger partial charge on any atom is -0.311 e. The summed E-state index contributed by atoms with van der Waals surface area (Å²) in [6.07, 6.45) is 17.9. The van der Waals surface area contributed by atoms with E-state index in [9.17, 15) is 4.79 Å². The van der Waals surface area contributed by atoms with Gasteiger partial charge in [-0.05, 0) is 12.5 Å². The lowest BCUT2D eigenvalue weighted by Gasteiger charge is -2.04. The van der Waals surface area contributed by atoms with Crippen LogP contribution in [0.1, 0.15) is 84.0 Å². The summed E-state index contributed by atoms with van der Waals surface area (Å²) in [5.41, 5.74) is 0. The molecule has 0 unspecified atom stereocenters. The molecule has 0 aliphatic rings. The fourth-order valence-electron chi connectivity index (χ4n) is 2.52. The highest BCUT2D eigenvalue weighted by Gasteiger charge is 2.02. The number of hydrogen-bond acceptors (Lipinski definition) is 3. The van der Waals surface area contributed by atoms with Crippen molar-refractivity contribution in [3.05, 3.63) is 18.6 Å². The van der Waals surface area contributed by atoms with Crippen LogP contribution in [0.4, 0.5) is 5.82 Å². The van der Waals surface area contributed by atoms with Crippen LogP contribution in [-0.4, -0.2) is 15.9 Å². The second-order valence-corrected chi connectivity index (χ2v) is 5.93. The number of nitrogens with one attached hydrogen (secondary N) is 1. The van der Waals surface area contributed by atoms with Crippen molar-refractivity contribution in [3.63, 3.8) is 0 Å². The van der Waals surface area contributed by atoms with Crippen LogP contribution in [0.15, 0.2) is 18.6 Å². The van der Waals surface area contributed by atoms with Crippen molar-refractivity contribution in [3.8, 4) is 0 Å². The Bertz CT molecular complexity index is 381. The van der Waals surface area contributed by atoms with E-state index in [-0.39, 0.29) is 5.91 Å². The molecule has 0 radical (unpaired) electrons. The lowest BCUT2D eigenvalue weighted by atomic mass is 10.1. The molecular weight excluding hydrogens is 274 g/mol. The van der Waals surface area contributed by atoms with Gasteiger partial charge in [-0.3, -0.25) is 4.79 Å². The second-order valence-electron chi connectivity index (χ2n) is 5.93. The van der Waals surface area contributed by atoms with Gasteiger partial charge in [0.2, 0.25) is 5.91 Å². The van der Waals surface area contributed by atoms with E-state index in [0.717, 1.165) is 12.8 Å². The van der Waals surface area contributed by atoms with Crippen molar-refractivity contribution in [2.24, 2.45) is 0 Å². The molecule has 0 saturated heterocycles. The van der Waals surface area contributed by atoms with Crippen molar-refractivity contribution >= 4 is 11.7 Å². The van der Waals surface area contributed by atoms with E-state index in [1.54, 1.807) is 12.3 Å². The molecule has 4 heteroatoms. The first kappa shape index (κ1) is 18.6. The van der Waals surface area contributed by atoms with Gasteiger partial charge in [-0.2, -0.15) is 0 Å². The molecule has 0 atom stereocenters. The zero-order valence-corrected chi connectivity index (χ0v) is 14.0. The highest BCUT2D eigenvalue weighted by molar-refractivity contribution is 5.89. The molecule has 22 heavy (non-hydrogen) atoms. The van der Waals surface area contributed by atoms with Gasteiger partial charge in [0.25, 0.3) is 0 Å². The fraction of sp³-hybridized carbons (Fsp3) is 0.722. The molecule has 1 N–H and O–H groups in total. The lowest BCUT2D eigenvalue weighted by Crippen LogP contribution is -2.12. The minimum absolute atomic E-state index is 0.0506. The quantitative estimate of drug-likeness (QED) is 0.515. The van der Waals surface area contributed by atoms with Crippen molar-refractivity contribution < 1.29 is 4.79 Å². The number of unbranched alkanes of at least 4 members (excludes halogenated alkanes) is 10. The number of aromatic nitrogens is 2. The smallest absolute Gasteiger partial charge is 0.225 e. The third-order valence-corrected chi connectivity index (χ3v) is 3.86. The Balaban J connectivity index is 1.86. The summed E-state index contributed by atoms with van der Waals surface area (Å²) in [5.74, 6) is 0.637. The van der Waals surface area contributed by atoms with E-state index in [4.69, 9.17) is 0 Å². The molecule has 1 amide bonds. The minimum atomic E-state index is 0.0506. The Morgan fingerprint density at radius 3 is 2.09 bits per heavy atom. The van der Waals surface area contributed by atoms with Crippen LogP contribution >= 0.6 is 0 Å². The summed E-state index contributed by atoms with van der Waals surface area (Å²) in [6.45, 7) is 2.26. The van der Waals surface area contributed by atoms with Gasteiger partial charge in [0, 0.05) is 12.6 Å². The van der Waals surface area contributed by atoms with Crippen LogP contribution in [0.3, 0.4) is 0 Å². The van der Waals surface area contributed by atoms with Gasteiger partial charge in [0.1, 0.15) is 12.1 Å². The normalized spacial score (nSPS) is 10.6. The van der Waals surface area contributed by atoms with Gasteiger partial charge in [0.05, 0.1) is 0 Å². The molecule has 4 nitrogen and oxygen atoms in total. The highest BCUT2D eigenvalue weighted by atomic mass is 16.1. The Morgan fingerprint density at radius 2 is 1.55 bits per heavy atom. The Kier molecular flexibility index (Phi) is 11.2. The number of rotatable bonds is 13. The van der Waals surface area contributed by atoms with Crippen molar-refractivity contribution in [2.45, 2.75) is 84.0 Å². The maximum absolute atomic E-state index is 11.7. The molecule has 1 aromatic heterocycles. The maximum atomic E-state index is 11.7. The first-order chi connectivity index (χ1) is 10.8. The van der Waals surface area contributed by atoms with Gasteiger partial charge >= 0.3 is 0 Å². The van der Waals surface area contributed by atoms with Gasteiger partial charge in [-0.25, -0.2) is 9.97 Å². The second kappa shape index (κ2) is 13.2. The van der Waals surface area contributed by atoms with E-state index in [1.807, 2.05) is 0 Å². The third-order valence-electron chi connectivity index (χ3n) is 3.86. The average molecular weight is 305 g/mol. The molecule has 1 aromatic rings. The van der Waals surface area contributed by atoms with Crippen molar-refractivity contribution in [1.29, 1.82) is 0 Å². The first-order valence-corrected chi connectivity index (χ1v) is 8.88. The van der Waals surface area contributed by atoms with E-state index in [2.05, 4.69) is 22.2 Å². The molecule has 1 heterocycles. The van der Waals surface area contributed by atoms with E-state index in [1.165, 1.54) is 64.1 Å². The van der Waals surface area contributed by atoms with E-state index < -0.39 is 0 Å². The molecule has 124 valence electrons. The van der Waals surface area contributed by atoms with Crippen molar-refractivity contribution in [2.75, 3.05) is 5.32 Å². The predicted molar refractivity (Wildman–Crippen MR) is 91.7 cm³/mol. The van der Waals surface area contributed by atoms with Crippen LogP contribution in [-0.2, 0) is 4.79 Å². The molecule has 0 fully saturated rings. The molecular formula is C18H31N3O. The van der Waals surface area contributed by atoms with Crippen LogP contribution in [0.2, 0.25) is 0 Å². The summed E-state index contributed by atoms with van der Waals surface area (Å²) in [6, 6.07) is 1.71. The largest absolute Gasteiger partial charge is 0.311 e. The van der Waals surface area contributed by atoms with Gasteiger partial charge in [0.15, 0.2) is 0 Å². The van der Waals surface area contributed by atoms with E-state index >= 15 is 0 Å². The Labute approximate surface area is 135 Å². The van der Waals surface area contributed by atoms with E-state index in [0.29, 0.717) is 12.2 Å². The molecule has 1 rings (SSSR count). The standard InChI is InChI=1S/C18H31N3O/c1-2-3-4-5-6-7-8-9-10-11-12-13-18(22)21-17-14-15-19-16-20-17/h14-16H,2-13H2,1H3,(H,19,20,21,22). The summed E-state index contributed by atoms with van der Waals surface area (Å²) >= 11 is 0. The van der Waals surface area contributed by atoms with Crippen LogP contribution in [0.25, 0.3) is 0 Å². The number of amides is 1. The monoisotopic (exact) mass is 305 g/mol. The molecule has 0 saturated carbocycles.